The molecule has 2 nitrogen and oxygen atoms in total. The standard InChI is InChI=1S/C17H19Cl2NO/c1-3-10-20-17(12-4-7-14(18)8-5-12)13-6-9-16(21-2)15(19)11-13/h4-9,11,17,20H,3,10H2,1-2H3. The third-order valence-electron chi connectivity index (χ3n) is 3.31. The van der Waals surface area contributed by atoms with Crippen molar-refractivity contribution in [3.05, 3.63) is 63.6 Å². The van der Waals surface area contributed by atoms with Crippen molar-refractivity contribution in [2.24, 2.45) is 0 Å². The lowest BCUT2D eigenvalue weighted by molar-refractivity contribution is 0.414. The van der Waals surface area contributed by atoms with Gasteiger partial charge in [-0.15, -0.1) is 0 Å². The predicted octanol–water partition coefficient (Wildman–Crippen LogP) is 5.09. The number of benzene rings is 2. The van der Waals surface area contributed by atoms with Gasteiger partial charge in [-0.2, -0.15) is 0 Å². The van der Waals surface area contributed by atoms with Gasteiger partial charge >= 0.3 is 0 Å². The van der Waals surface area contributed by atoms with Crippen molar-refractivity contribution in [1.29, 1.82) is 0 Å². The Morgan fingerprint density at radius 3 is 2.29 bits per heavy atom. The second-order valence-corrected chi connectivity index (χ2v) is 5.68. The summed E-state index contributed by atoms with van der Waals surface area (Å²) < 4.78 is 5.21. The smallest absolute Gasteiger partial charge is 0.137 e. The molecule has 2 aromatic carbocycles. The summed E-state index contributed by atoms with van der Waals surface area (Å²) in [6.07, 6.45) is 1.06. The molecule has 0 saturated carbocycles. The van der Waals surface area contributed by atoms with Gasteiger partial charge in [0.2, 0.25) is 0 Å². The first-order valence-corrected chi connectivity index (χ1v) is 7.73. The third-order valence-corrected chi connectivity index (χ3v) is 3.86. The fraction of sp³-hybridized carbons (Fsp3) is 0.294. The molecule has 0 heterocycles. The predicted molar refractivity (Wildman–Crippen MR) is 89.6 cm³/mol. The van der Waals surface area contributed by atoms with Gasteiger partial charge in [0, 0.05) is 5.02 Å². The van der Waals surface area contributed by atoms with Crippen molar-refractivity contribution in [2.75, 3.05) is 13.7 Å². The maximum absolute atomic E-state index is 6.25. The zero-order valence-corrected chi connectivity index (χ0v) is 13.7. The maximum Gasteiger partial charge on any atom is 0.137 e. The van der Waals surface area contributed by atoms with Gasteiger partial charge in [0.05, 0.1) is 18.2 Å². The average molecular weight is 324 g/mol. The summed E-state index contributed by atoms with van der Waals surface area (Å²) >= 11 is 12.2. The van der Waals surface area contributed by atoms with Crippen LogP contribution in [0.5, 0.6) is 5.75 Å². The first kappa shape index (κ1) is 16.2. The Kier molecular flexibility index (Phi) is 5.92. The molecule has 2 rings (SSSR count). The van der Waals surface area contributed by atoms with E-state index in [4.69, 9.17) is 27.9 Å². The molecular formula is C17H19Cl2NO. The molecule has 0 aliphatic rings. The van der Waals surface area contributed by atoms with Crippen LogP contribution in [0, 0.1) is 0 Å². The normalized spacial score (nSPS) is 12.2. The van der Waals surface area contributed by atoms with E-state index >= 15 is 0 Å². The molecule has 0 aliphatic carbocycles. The molecule has 0 saturated heterocycles. The van der Waals surface area contributed by atoms with Gasteiger partial charge < -0.3 is 10.1 Å². The number of methoxy groups -OCH3 is 1. The lowest BCUT2D eigenvalue weighted by atomic mass is 9.98. The minimum atomic E-state index is 0.0885. The second kappa shape index (κ2) is 7.69. The topological polar surface area (TPSA) is 21.3 Å². The van der Waals surface area contributed by atoms with Crippen LogP contribution in [0.25, 0.3) is 0 Å². The van der Waals surface area contributed by atoms with E-state index in [1.165, 1.54) is 0 Å². The van der Waals surface area contributed by atoms with E-state index in [1.54, 1.807) is 7.11 Å². The summed E-state index contributed by atoms with van der Waals surface area (Å²) in [5.41, 5.74) is 2.27. The molecule has 0 aromatic heterocycles. The molecule has 0 bridgehead atoms. The van der Waals surface area contributed by atoms with Crippen LogP contribution in [-0.2, 0) is 0 Å². The van der Waals surface area contributed by atoms with Crippen molar-refractivity contribution < 1.29 is 4.74 Å². The zero-order valence-electron chi connectivity index (χ0n) is 12.2. The van der Waals surface area contributed by atoms with Crippen LogP contribution >= 0.6 is 23.2 Å². The Labute approximate surface area is 136 Å². The first-order valence-electron chi connectivity index (χ1n) is 6.98. The molecule has 0 amide bonds. The van der Waals surface area contributed by atoms with Gasteiger partial charge in [-0.05, 0) is 48.4 Å². The highest BCUT2D eigenvalue weighted by atomic mass is 35.5. The van der Waals surface area contributed by atoms with Crippen LogP contribution in [0.1, 0.15) is 30.5 Å². The zero-order chi connectivity index (χ0) is 15.2. The van der Waals surface area contributed by atoms with E-state index in [1.807, 2.05) is 42.5 Å². The number of hydrogen-bond donors (Lipinski definition) is 1. The molecule has 1 unspecified atom stereocenters. The Bertz CT molecular complexity index is 584. The molecule has 0 radical (unpaired) electrons. The maximum atomic E-state index is 6.25. The van der Waals surface area contributed by atoms with Crippen LogP contribution in [-0.4, -0.2) is 13.7 Å². The molecule has 1 atom stereocenters. The summed E-state index contributed by atoms with van der Waals surface area (Å²) in [7, 11) is 1.62. The molecule has 0 aliphatic heterocycles. The average Bonchev–Trinajstić information content (AvgIpc) is 2.49. The Hall–Kier alpha value is -1.22. The summed E-state index contributed by atoms with van der Waals surface area (Å²) in [5.74, 6) is 0.686. The van der Waals surface area contributed by atoms with E-state index in [0.717, 1.165) is 29.1 Å². The van der Waals surface area contributed by atoms with Gasteiger partial charge in [0.1, 0.15) is 5.75 Å². The number of rotatable bonds is 6. The van der Waals surface area contributed by atoms with Gasteiger partial charge in [-0.3, -0.25) is 0 Å². The fourth-order valence-corrected chi connectivity index (χ4v) is 2.63. The van der Waals surface area contributed by atoms with E-state index in [2.05, 4.69) is 12.2 Å². The number of nitrogens with one attached hydrogen (secondary N) is 1. The van der Waals surface area contributed by atoms with Gasteiger partial charge in [-0.1, -0.05) is 48.3 Å². The quantitative estimate of drug-likeness (QED) is 0.799. The second-order valence-electron chi connectivity index (χ2n) is 4.83. The summed E-state index contributed by atoms with van der Waals surface area (Å²) in [5, 5.41) is 4.90. The van der Waals surface area contributed by atoms with Gasteiger partial charge in [-0.25, -0.2) is 0 Å². The van der Waals surface area contributed by atoms with E-state index in [-0.39, 0.29) is 6.04 Å². The lowest BCUT2D eigenvalue weighted by Crippen LogP contribution is -2.23. The Morgan fingerprint density at radius 2 is 1.71 bits per heavy atom. The van der Waals surface area contributed by atoms with Crippen molar-refractivity contribution in [3.8, 4) is 5.75 Å². The molecular weight excluding hydrogens is 305 g/mol. The van der Waals surface area contributed by atoms with E-state index < -0.39 is 0 Å². The minimum absolute atomic E-state index is 0.0885. The van der Waals surface area contributed by atoms with Crippen LogP contribution in [0.4, 0.5) is 0 Å². The number of halogens is 2. The Balaban J connectivity index is 2.35. The van der Waals surface area contributed by atoms with Crippen molar-refractivity contribution in [2.45, 2.75) is 19.4 Å². The molecule has 0 spiro atoms. The van der Waals surface area contributed by atoms with E-state index in [0.29, 0.717) is 10.8 Å². The molecule has 4 heteroatoms. The highest BCUT2D eigenvalue weighted by Crippen LogP contribution is 2.30. The number of ether oxygens (including phenoxy) is 1. The molecule has 1 N–H and O–H groups in total. The van der Waals surface area contributed by atoms with Crippen molar-refractivity contribution >= 4 is 23.2 Å². The molecule has 112 valence electrons. The van der Waals surface area contributed by atoms with Crippen molar-refractivity contribution in [3.63, 3.8) is 0 Å². The highest BCUT2D eigenvalue weighted by Gasteiger charge is 2.15. The largest absolute Gasteiger partial charge is 0.495 e. The molecule has 21 heavy (non-hydrogen) atoms. The monoisotopic (exact) mass is 323 g/mol. The lowest BCUT2D eigenvalue weighted by Gasteiger charge is -2.20. The SMILES string of the molecule is CCCNC(c1ccc(Cl)cc1)c1ccc(OC)c(Cl)c1. The van der Waals surface area contributed by atoms with Crippen LogP contribution in [0.3, 0.4) is 0 Å². The number of hydrogen-bond acceptors (Lipinski definition) is 2. The van der Waals surface area contributed by atoms with Crippen LogP contribution < -0.4 is 10.1 Å². The van der Waals surface area contributed by atoms with Crippen LogP contribution in [0.15, 0.2) is 42.5 Å². The molecule has 0 fully saturated rings. The van der Waals surface area contributed by atoms with Crippen molar-refractivity contribution in [1.82, 2.24) is 5.32 Å². The summed E-state index contributed by atoms with van der Waals surface area (Å²) in [6.45, 7) is 3.07. The summed E-state index contributed by atoms with van der Waals surface area (Å²) in [4.78, 5) is 0. The third kappa shape index (κ3) is 4.13. The van der Waals surface area contributed by atoms with E-state index in [9.17, 15) is 0 Å². The molecule has 2 aromatic rings. The van der Waals surface area contributed by atoms with Crippen LogP contribution in [0.2, 0.25) is 10.0 Å². The Morgan fingerprint density at radius 1 is 1.05 bits per heavy atom. The fourth-order valence-electron chi connectivity index (χ4n) is 2.23. The first-order chi connectivity index (χ1) is 10.2. The highest BCUT2D eigenvalue weighted by molar-refractivity contribution is 6.32. The summed E-state index contributed by atoms with van der Waals surface area (Å²) in [6, 6.07) is 13.8. The van der Waals surface area contributed by atoms with Gasteiger partial charge in [0.15, 0.2) is 0 Å². The minimum Gasteiger partial charge on any atom is -0.495 e. The van der Waals surface area contributed by atoms with Gasteiger partial charge in [0.25, 0.3) is 0 Å².